The van der Waals surface area contributed by atoms with Crippen LogP contribution in [0, 0.1) is 20.8 Å². The van der Waals surface area contributed by atoms with E-state index in [9.17, 15) is 9.59 Å². The van der Waals surface area contributed by atoms with Crippen LogP contribution in [0.2, 0.25) is 0 Å². The molecule has 1 aromatic heterocycles. The second-order valence-corrected chi connectivity index (χ2v) is 6.95. The van der Waals surface area contributed by atoms with Crippen LogP contribution in [0.1, 0.15) is 33.7 Å². The highest BCUT2D eigenvalue weighted by atomic mass is 16.5. The molecule has 0 fully saturated rings. The highest BCUT2D eigenvalue weighted by Gasteiger charge is 2.18. The fourth-order valence-corrected chi connectivity index (χ4v) is 3.20. The number of ketones is 1. The molecule has 0 aliphatic rings. The van der Waals surface area contributed by atoms with Crippen LogP contribution >= 0.6 is 0 Å². The lowest BCUT2D eigenvalue weighted by molar-refractivity contribution is -0.143. The zero-order valence-corrected chi connectivity index (χ0v) is 17.0. The maximum Gasteiger partial charge on any atom is 0.309 e. The lowest BCUT2D eigenvalue weighted by Gasteiger charge is -2.10. The Morgan fingerprint density at radius 3 is 2.31 bits per heavy atom. The van der Waals surface area contributed by atoms with Crippen molar-refractivity contribution < 1.29 is 19.1 Å². The van der Waals surface area contributed by atoms with Gasteiger partial charge >= 0.3 is 5.97 Å². The molecule has 2 aromatic carbocycles. The summed E-state index contributed by atoms with van der Waals surface area (Å²) in [5.74, 6) is 0.0308. The van der Waals surface area contributed by atoms with Crippen molar-refractivity contribution in [3.05, 3.63) is 83.2 Å². The summed E-state index contributed by atoms with van der Waals surface area (Å²) >= 11 is 0. The van der Waals surface area contributed by atoms with Crippen molar-refractivity contribution >= 4 is 11.8 Å². The molecule has 150 valence electrons. The summed E-state index contributed by atoms with van der Waals surface area (Å²) in [6.07, 6.45) is 0.0875. The molecular formula is C24H25NO4. The van der Waals surface area contributed by atoms with Gasteiger partial charge in [-0.3, -0.25) is 9.59 Å². The predicted molar refractivity (Wildman–Crippen MR) is 112 cm³/mol. The van der Waals surface area contributed by atoms with Crippen LogP contribution in [0.25, 0.3) is 5.69 Å². The maximum atomic E-state index is 12.6. The fourth-order valence-electron chi connectivity index (χ4n) is 3.20. The van der Waals surface area contributed by atoms with Crippen molar-refractivity contribution in [1.82, 2.24) is 4.57 Å². The van der Waals surface area contributed by atoms with Crippen molar-refractivity contribution in [3.63, 3.8) is 0 Å². The third-order valence-electron chi connectivity index (χ3n) is 4.71. The average molecular weight is 391 g/mol. The molecule has 5 heteroatoms. The summed E-state index contributed by atoms with van der Waals surface area (Å²) in [5.41, 5.74) is 4.48. The minimum atomic E-state index is -0.456. The van der Waals surface area contributed by atoms with Crippen LogP contribution in [0.15, 0.2) is 60.7 Å². The van der Waals surface area contributed by atoms with E-state index in [0.29, 0.717) is 11.3 Å². The van der Waals surface area contributed by atoms with Gasteiger partial charge in [-0.05, 0) is 51.1 Å². The summed E-state index contributed by atoms with van der Waals surface area (Å²) < 4.78 is 12.7. The van der Waals surface area contributed by atoms with Crippen LogP contribution < -0.4 is 4.74 Å². The second kappa shape index (κ2) is 9.24. The molecule has 0 saturated carbocycles. The number of aryl methyl sites for hydroxylation is 2. The van der Waals surface area contributed by atoms with E-state index in [4.69, 9.17) is 9.47 Å². The molecule has 1 heterocycles. The van der Waals surface area contributed by atoms with Gasteiger partial charge in [0, 0.05) is 22.6 Å². The molecule has 0 spiro atoms. The Labute approximate surface area is 170 Å². The number of hydrogen-bond donors (Lipinski definition) is 0. The summed E-state index contributed by atoms with van der Waals surface area (Å²) in [5, 5.41) is 0. The zero-order chi connectivity index (χ0) is 20.8. The molecule has 0 unspecified atom stereocenters. The summed E-state index contributed by atoms with van der Waals surface area (Å²) in [7, 11) is 0. The summed E-state index contributed by atoms with van der Waals surface area (Å²) in [6, 6.07) is 19.3. The Kier molecular flexibility index (Phi) is 6.50. The van der Waals surface area contributed by atoms with Gasteiger partial charge in [0.05, 0.1) is 13.0 Å². The van der Waals surface area contributed by atoms with E-state index in [-0.39, 0.29) is 25.4 Å². The van der Waals surface area contributed by atoms with Crippen molar-refractivity contribution in [2.45, 2.75) is 27.2 Å². The molecule has 0 amide bonds. The van der Waals surface area contributed by atoms with Crippen LogP contribution in [0.5, 0.6) is 5.75 Å². The van der Waals surface area contributed by atoms with E-state index in [0.717, 1.165) is 22.6 Å². The molecule has 3 aromatic rings. The van der Waals surface area contributed by atoms with E-state index in [2.05, 4.69) is 0 Å². The first-order chi connectivity index (χ1) is 14.0. The van der Waals surface area contributed by atoms with E-state index in [1.54, 1.807) is 0 Å². The first-order valence-electron chi connectivity index (χ1n) is 9.58. The Morgan fingerprint density at radius 2 is 1.62 bits per heavy atom. The number of carbonyl (C=O) groups excluding carboxylic acids is 2. The van der Waals surface area contributed by atoms with Gasteiger partial charge in [-0.25, -0.2) is 0 Å². The molecule has 29 heavy (non-hydrogen) atoms. The molecule has 0 atom stereocenters. The van der Waals surface area contributed by atoms with Gasteiger partial charge in [0.2, 0.25) is 5.78 Å². The largest absolute Gasteiger partial charge is 0.493 e. The predicted octanol–water partition coefficient (Wildman–Crippen LogP) is 4.60. The molecular weight excluding hydrogens is 366 g/mol. The third kappa shape index (κ3) is 5.13. The minimum absolute atomic E-state index is 0.0875. The van der Waals surface area contributed by atoms with Gasteiger partial charge in [-0.1, -0.05) is 35.9 Å². The van der Waals surface area contributed by atoms with Crippen molar-refractivity contribution in [1.29, 1.82) is 0 Å². The SMILES string of the molecule is Cc1ccc(OCCC(=O)OCC(=O)c2cc(C)n(-c3ccccc3)c2C)cc1. The van der Waals surface area contributed by atoms with E-state index in [1.165, 1.54) is 0 Å². The molecule has 0 radical (unpaired) electrons. The number of aromatic nitrogens is 1. The first kappa shape index (κ1) is 20.4. The highest BCUT2D eigenvalue weighted by Crippen LogP contribution is 2.21. The number of esters is 1. The first-order valence-corrected chi connectivity index (χ1v) is 9.58. The topological polar surface area (TPSA) is 57.5 Å². The molecule has 0 N–H and O–H groups in total. The van der Waals surface area contributed by atoms with Gasteiger partial charge in [0.25, 0.3) is 0 Å². The molecule has 0 bridgehead atoms. The number of para-hydroxylation sites is 1. The van der Waals surface area contributed by atoms with Crippen LogP contribution in [-0.4, -0.2) is 29.5 Å². The van der Waals surface area contributed by atoms with E-state index in [1.807, 2.05) is 86.0 Å². The lowest BCUT2D eigenvalue weighted by atomic mass is 10.1. The Morgan fingerprint density at radius 1 is 0.931 bits per heavy atom. The van der Waals surface area contributed by atoms with Crippen molar-refractivity contribution in [2.75, 3.05) is 13.2 Å². The summed E-state index contributed by atoms with van der Waals surface area (Å²) in [6.45, 7) is 5.77. The number of ether oxygens (including phenoxy) is 2. The molecule has 0 saturated heterocycles. The number of benzene rings is 2. The van der Waals surface area contributed by atoms with Crippen LogP contribution in [-0.2, 0) is 9.53 Å². The molecule has 3 rings (SSSR count). The monoisotopic (exact) mass is 391 g/mol. The van der Waals surface area contributed by atoms with Crippen LogP contribution in [0.4, 0.5) is 0 Å². The maximum absolute atomic E-state index is 12.6. The van der Waals surface area contributed by atoms with Gasteiger partial charge in [0.15, 0.2) is 6.61 Å². The Bertz CT molecular complexity index is 988. The minimum Gasteiger partial charge on any atom is -0.493 e. The Balaban J connectivity index is 1.53. The highest BCUT2D eigenvalue weighted by molar-refractivity contribution is 5.99. The van der Waals surface area contributed by atoms with Gasteiger partial charge in [0.1, 0.15) is 5.75 Å². The number of rotatable bonds is 8. The zero-order valence-electron chi connectivity index (χ0n) is 17.0. The van der Waals surface area contributed by atoms with E-state index < -0.39 is 5.97 Å². The normalized spacial score (nSPS) is 10.6. The molecule has 0 aliphatic heterocycles. The quantitative estimate of drug-likeness (QED) is 0.416. The average Bonchev–Trinajstić information content (AvgIpc) is 3.02. The van der Waals surface area contributed by atoms with Crippen molar-refractivity contribution in [2.24, 2.45) is 0 Å². The van der Waals surface area contributed by atoms with E-state index >= 15 is 0 Å². The third-order valence-corrected chi connectivity index (χ3v) is 4.71. The standard InChI is InChI=1S/C24H25NO4/c1-17-9-11-21(12-10-17)28-14-13-24(27)29-16-23(26)22-15-18(2)25(19(22)3)20-7-5-4-6-8-20/h4-12,15H,13-14,16H2,1-3H3. The number of Topliss-reactive ketones (excluding diaryl/α,β-unsaturated/α-hetero) is 1. The summed E-state index contributed by atoms with van der Waals surface area (Å²) in [4.78, 5) is 24.5. The van der Waals surface area contributed by atoms with Crippen LogP contribution in [0.3, 0.4) is 0 Å². The van der Waals surface area contributed by atoms with Gasteiger partial charge in [-0.2, -0.15) is 0 Å². The second-order valence-electron chi connectivity index (χ2n) is 6.95. The number of carbonyl (C=O) groups is 2. The smallest absolute Gasteiger partial charge is 0.309 e. The van der Waals surface area contributed by atoms with Crippen molar-refractivity contribution in [3.8, 4) is 11.4 Å². The molecule has 0 aliphatic carbocycles. The number of hydrogen-bond acceptors (Lipinski definition) is 4. The molecule has 5 nitrogen and oxygen atoms in total. The number of nitrogens with zero attached hydrogens (tertiary/aromatic N) is 1. The van der Waals surface area contributed by atoms with Gasteiger partial charge < -0.3 is 14.0 Å². The lowest BCUT2D eigenvalue weighted by Crippen LogP contribution is -2.16. The Hall–Kier alpha value is -3.34. The fraction of sp³-hybridized carbons (Fsp3) is 0.250. The van der Waals surface area contributed by atoms with Gasteiger partial charge in [-0.15, -0.1) is 0 Å².